The lowest BCUT2D eigenvalue weighted by atomic mass is 9.93. The van der Waals surface area contributed by atoms with Crippen molar-refractivity contribution in [1.29, 1.82) is 0 Å². The summed E-state index contributed by atoms with van der Waals surface area (Å²) in [6.45, 7) is 6.10. The highest BCUT2D eigenvalue weighted by Gasteiger charge is 2.27. The Bertz CT molecular complexity index is 962. The van der Waals surface area contributed by atoms with Gasteiger partial charge < -0.3 is 4.90 Å². The van der Waals surface area contributed by atoms with Crippen LogP contribution in [0.2, 0.25) is 5.02 Å². The van der Waals surface area contributed by atoms with Gasteiger partial charge in [-0.15, -0.1) is 0 Å². The molecule has 164 valence electrons. The van der Waals surface area contributed by atoms with Crippen LogP contribution in [-0.2, 0) is 11.2 Å². The van der Waals surface area contributed by atoms with Crippen molar-refractivity contribution in [3.63, 3.8) is 0 Å². The summed E-state index contributed by atoms with van der Waals surface area (Å²) in [6.07, 6.45) is 5.35. The molecule has 0 saturated heterocycles. The van der Waals surface area contributed by atoms with Crippen LogP contribution in [0.3, 0.4) is 0 Å². The summed E-state index contributed by atoms with van der Waals surface area (Å²) in [7, 11) is 0. The molecule has 0 fully saturated rings. The predicted molar refractivity (Wildman–Crippen MR) is 126 cm³/mol. The Kier molecular flexibility index (Phi) is 6.63. The molecule has 0 bridgehead atoms. The number of fused-ring (bicyclic) bond motifs is 1. The van der Waals surface area contributed by atoms with Crippen LogP contribution in [0.4, 0.5) is 15.8 Å². The second-order valence-electron chi connectivity index (χ2n) is 8.34. The molecule has 4 nitrogen and oxygen atoms in total. The Morgan fingerprint density at radius 1 is 1.23 bits per heavy atom. The fraction of sp³-hybridized carbons (Fsp3) is 0.400. The Balaban J connectivity index is 1.49. The molecule has 1 amide bonds. The summed E-state index contributed by atoms with van der Waals surface area (Å²) < 4.78 is 13.1. The molecular formula is C25H29ClFN3O. The molecule has 0 aliphatic carbocycles. The van der Waals surface area contributed by atoms with Crippen LogP contribution in [-0.4, -0.2) is 43.3 Å². The molecular weight excluding hydrogens is 413 g/mol. The van der Waals surface area contributed by atoms with E-state index in [1.54, 1.807) is 4.90 Å². The summed E-state index contributed by atoms with van der Waals surface area (Å²) in [6, 6.07) is 13.8. The Morgan fingerprint density at radius 3 is 2.68 bits per heavy atom. The number of carbonyl (C=O) groups is 1. The van der Waals surface area contributed by atoms with E-state index in [9.17, 15) is 9.18 Å². The van der Waals surface area contributed by atoms with E-state index in [0.717, 1.165) is 37.4 Å². The zero-order valence-corrected chi connectivity index (χ0v) is 18.9. The minimum Gasteiger partial charge on any atom is -0.358 e. The largest absolute Gasteiger partial charge is 0.358 e. The van der Waals surface area contributed by atoms with Gasteiger partial charge in [0.2, 0.25) is 5.91 Å². The lowest BCUT2D eigenvalue weighted by Gasteiger charge is -2.32. The second-order valence-corrected chi connectivity index (χ2v) is 8.78. The van der Waals surface area contributed by atoms with Crippen LogP contribution in [0, 0.1) is 0 Å². The molecule has 31 heavy (non-hydrogen) atoms. The van der Waals surface area contributed by atoms with E-state index in [2.05, 4.69) is 34.9 Å². The third-order valence-corrected chi connectivity index (χ3v) is 6.62. The molecule has 0 N–H and O–H groups in total. The van der Waals surface area contributed by atoms with Gasteiger partial charge in [0.1, 0.15) is 6.67 Å². The van der Waals surface area contributed by atoms with Crippen molar-refractivity contribution < 1.29 is 9.18 Å². The maximum absolute atomic E-state index is 13.1. The normalized spacial score (nSPS) is 19.3. The highest BCUT2D eigenvalue weighted by atomic mass is 35.5. The number of alkyl halides is 1. The molecule has 0 radical (unpaired) electrons. The van der Waals surface area contributed by atoms with E-state index >= 15 is 0 Å². The highest BCUT2D eigenvalue weighted by Crippen LogP contribution is 2.35. The van der Waals surface area contributed by atoms with E-state index in [1.165, 1.54) is 11.3 Å². The van der Waals surface area contributed by atoms with Crippen molar-refractivity contribution in [2.75, 3.05) is 36.2 Å². The number of benzene rings is 2. The molecule has 2 aromatic carbocycles. The maximum atomic E-state index is 13.1. The molecule has 2 aliphatic rings. The third-order valence-electron chi connectivity index (χ3n) is 6.37. The Hall–Kier alpha value is -2.37. The van der Waals surface area contributed by atoms with Gasteiger partial charge in [-0.25, -0.2) is 4.39 Å². The number of hydrogen-bond acceptors (Lipinski definition) is 3. The van der Waals surface area contributed by atoms with Crippen molar-refractivity contribution in [1.82, 2.24) is 4.90 Å². The van der Waals surface area contributed by atoms with Gasteiger partial charge in [0.05, 0.1) is 6.67 Å². The first kappa shape index (κ1) is 21.8. The number of nitrogens with zero attached hydrogens (tertiary/aromatic N) is 3. The van der Waals surface area contributed by atoms with Crippen LogP contribution in [0.15, 0.2) is 54.7 Å². The quantitative estimate of drug-likeness (QED) is 0.577. The van der Waals surface area contributed by atoms with Crippen LogP contribution in [0.25, 0.3) is 0 Å². The number of carbonyl (C=O) groups excluding carboxylic acids is 1. The van der Waals surface area contributed by atoms with Crippen molar-refractivity contribution in [2.24, 2.45) is 0 Å². The summed E-state index contributed by atoms with van der Waals surface area (Å²) in [5.74, 6) is 0.162. The number of halogens is 2. The Morgan fingerprint density at radius 2 is 2.00 bits per heavy atom. The molecule has 4 rings (SSSR count). The second kappa shape index (κ2) is 9.41. The Labute approximate surface area is 188 Å². The first-order valence-corrected chi connectivity index (χ1v) is 11.3. The summed E-state index contributed by atoms with van der Waals surface area (Å²) >= 11 is 5.98. The smallest absolute Gasteiger partial charge is 0.231 e. The topological polar surface area (TPSA) is 26.8 Å². The maximum Gasteiger partial charge on any atom is 0.231 e. The summed E-state index contributed by atoms with van der Waals surface area (Å²) in [5, 5.41) is 0.699. The molecule has 0 saturated carbocycles. The average molecular weight is 442 g/mol. The fourth-order valence-corrected chi connectivity index (χ4v) is 4.54. The highest BCUT2D eigenvalue weighted by molar-refractivity contribution is 6.30. The monoisotopic (exact) mass is 441 g/mol. The zero-order valence-electron chi connectivity index (χ0n) is 18.1. The fourth-order valence-electron chi connectivity index (χ4n) is 4.42. The van der Waals surface area contributed by atoms with Crippen LogP contribution < -0.4 is 9.80 Å². The van der Waals surface area contributed by atoms with Crippen molar-refractivity contribution >= 4 is 28.9 Å². The minimum atomic E-state index is -0.339. The van der Waals surface area contributed by atoms with Crippen LogP contribution in [0.1, 0.15) is 37.3 Å². The van der Waals surface area contributed by atoms with Crippen LogP contribution >= 0.6 is 11.6 Å². The number of rotatable bonds is 7. The van der Waals surface area contributed by atoms with E-state index in [-0.39, 0.29) is 24.5 Å². The first-order valence-electron chi connectivity index (χ1n) is 10.9. The average Bonchev–Trinajstić information content (AvgIpc) is 3.19. The summed E-state index contributed by atoms with van der Waals surface area (Å²) in [5.41, 5.74) is 4.42. The number of amides is 1. The molecule has 2 atom stereocenters. The van der Waals surface area contributed by atoms with E-state index < -0.39 is 0 Å². The van der Waals surface area contributed by atoms with Crippen molar-refractivity contribution in [2.45, 2.75) is 38.6 Å². The van der Waals surface area contributed by atoms with Crippen molar-refractivity contribution in [3.8, 4) is 0 Å². The zero-order chi connectivity index (χ0) is 22.0. The molecule has 2 aliphatic heterocycles. The van der Waals surface area contributed by atoms with Gasteiger partial charge in [0, 0.05) is 47.5 Å². The molecule has 2 heterocycles. The number of hydrogen-bond donors (Lipinski definition) is 0. The van der Waals surface area contributed by atoms with Gasteiger partial charge in [-0.2, -0.15) is 0 Å². The number of allylic oxidation sites excluding steroid dienone is 1. The van der Waals surface area contributed by atoms with E-state index in [1.807, 2.05) is 43.5 Å². The van der Waals surface area contributed by atoms with E-state index in [0.29, 0.717) is 11.4 Å². The molecule has 2 aromatic rings. The first-order chi connectivity index (χ1) is 15.0. The van der Waals surface area contributed by atoms with Crippen molar-refractivity contribution in [3.05, 3.63) is 70.9 Å². The van der Waals surface area contributed by atoms with E-state index in [4.69, 9.17) is 11.6 Å². The number of anilines is 2. The SMILES string of the molecule is CCN(CN1CCc2cc(N3C=CC(c4ccc(Cl)cc4)CC3=O)ccc21)C(C)CF. The van der Waals surface area contributed by atoms with Gasteiger partial charge >= 0.3 is 0 Å². The van der Waals surface area contributed by atoms with Gasteiger partial charge in [-0.05, 0) is 61.3 Å². The predicted octanol–water partition coefficient (Wildman–Crippen LogP) is 5.37. The molecule has 2 unspecified atom stereocenters. The molecule has 0 spiro atoms. The van der Waals surface area contributed by atoms with Crippen LogP contribution in [0.5, 0.6) is 0 Å². The molecule has 0 aromatic heterocycles. The standard InChI is InChI=1S/C25H29ClFN3O/c1-3-28(18(2)16-27)17-29-12-10-21-14-23(8-9-24(21)29)30-13-11-20(15-25(30)31)19-4-6-22(26)7-5-19/h4-9,11,13-14,18,20H,3,10,12,15-17H2,1-2H3. The lowest BCUT2D eigenvalue weighted by molar-refractivity contribution is -0.118. The molecule has 6 heteroatoms. The summed E-state index contributed by atoms with van der Waals surface area (Å²) in [4.78, 5) is 19.1. The third kappa shape index (κ3) is 4.63. The minimum absolute atomic E-state index is 0.0726. The van der Waals surface area contributed by atoms with Gasteiger partial charge in [0.25, 0.3) is 0 Å². The van der Waals surface area contributed by atoms with Gasteiger partial charge in [0.15, 0.2) is 0 Å². The van der Waals surface area contributed by atoms with Gasteiger partial charge in [-0.1, -0.05) is 36.7 Å². The lowest BCUT2D eigenvalue weighted by Crippen LogP contribution is -2.43. The van der Waals surface area contributed by atoms with Gasteiger partial charge in [-0.3, -0.25) is 14.6 Å².